The lowest BCUT2D eigenvalue weighted by molar-refractivity contribution is 0.510. The summed E-state index contributed by atoms with van der Waals surface area (Å²) in [6.07, 6.45) is 1.70. The smallest absolute Gasteiger partial charge is 0.326 e. The van der Waals surface area contributed by atoms with Crippen molar-refractivity contribution in [2.24, 2.45) is 0 Å². The third kappa shape index (κ3) is 4.70. The first-order chi connectivity index (χ1) is 18.2. The number of halogens is 2. The van der Waals surface area contributed by atoms with E-state index in [9.17, 15) is 22.0 Å². The Morgan fingerprint density at radius 3 is 2.16 bits per heavy atom. The molecule has 2 aromatic heterocycles. The van der Waals surface area contributed by atoms with Gasteiger partial charge in [0.2, 0.25) is 6.54 Å². The van der Waals surface area contributed by atoms with E-state index in [-0.39, 0.29) is 29.0 Å². The van der Waals surface area contributed by atoms with Crippen molar-refractivity contribution in [3.05, 3.63) is 106 Å². The molecule has 0 N–H and O–H groups in total. The van der Waals surface area contributed by atoms with Crippen LogP contribution in [0.15, 0.2) is 70.4 Å². The highest BCUT2D eigenvalue weighted by Crippen LogP contribution is 2.23. The second-order valence-corrected chi connectivity index (χ2v) is 11.0. The van der Waals surface area contributed by atoms with Crippen LogP contribution in [0.5, 0.6) is 0 Å². The fraction of sp³-hybridized carbons (Fsp3) is 0.222. The fourth-order valence-electron chi connectivity index (χ4n) is 4.59. The minimum Gasteiger partial charge on any atom is -0.326 e. The van der Waals surface area contributed by atoms with Gasteiger partial charge in [0.1, 0.15) is 5.82 Å². The average Bonchev–Trinajstić information content (AvgIpc) is 3.35. The van der Waals surface area contributed by atoms with Crippen molar-refractivity contribution >= 4 is 31.9 Å². The summed E-state index contributed by atoms with van der Waals surface area (Å²) >= 11 is 0. The fourth-order valence-corrected chi connectivity index (χ4v) is 5.22. The van der Waals surface area contributed by atoms with Crippen molar-refractivity contribution in [1.29, 1.82) is 0 Å². The number of aryl methyl sites for hydroxylation is 1. The van der Waals surface area contributed by atoms with E-state index >= 15 is 0 Å². The summed E-state index contributed by atoms with van der Waals surface area (Å²) in [5.41, 5.74) is 2.13. The van der Waals surface area contributed by atoms with Crippen LogP contribution in [0.4, 0.5) is 8.78 Å². The van der Waals surface area contributed by atoms with E-state index < -0.39 is 27.2 Å². The number of hydrogen-bond acceptors (Lipinski definition) is 4. The summed E-state index contributed by atoms with van der Waals surface area (Å²) in [6.45, 7) is 7.97. The van der Waals surface area contributed by atoms with Crippen molar-refractivity contribution in [1.82, 2.24) is 18.7 Å². The van der Waals surface area contributed by atoms with Gasteiger partial charge in [0.05, 0.1) is 40.1 Å². The Morgan fingerprint density at radius 1 is 0.895 bits per heavy atom. The van der Waals surface area contributed by atoms with Crippen LogP contribution >= 0.6 is 0 Å². The topological polar surface area (TPSA) is 83.2 Å². The molecule has 0 bridgehead atoms. The van der Waals surface area contributed by atoms with Crippen molar-refractivity contribution in [2.45, 2.75) is 31.0 Å². The summed E-state index contributed by atoms with van der Waals surface area (Å²) < 4.78 is 56.9. The Labute approximate surface area is 217 Å². The molecule has 0 unspecified atom stereocenters. The molecule has 0 saturated heterocycles. The van der Waals surface area contributed by atoms with E-state index in [2.05, 4.69) is 4.85 Å². The van der Waals surface area contributed by atoms with Crippen LogP contribution in [0.1, 0.15) is 17.8 Å². The molecule has 0 spiro atoms. The van der Waals surface area contributed by atoms with Gasteiger partial charge in [0, 0.05) is 31.4 Å². The average molecular weight is 536 g/mol. The number of fused-ring (bicyclic) bond motifs is 2. The van der Waals surface area contributed by atoms with Crippen LogP contribution in [0.2, 0.25) is 0 Å². The molecule has 11 heteroatoms. The van der Waals surface area contributed by atoms with Gasteiger partial charge < -0.3 is 9.41 Å². The summed E-state index contributed by atoms with van der Waals surface area (Å²) in [4.78, 5) is 21.9. The molecule has 0 aliphatic rings. The SMILES string of the molecule is [C-]#[N+]CCCn1c(Cn2c(=O)n(Cc3ccc(S(C)(=O)=O)cc3)c3cc(F)c(F)cc32)nc2ccccc21. The number of sulfone groups is 1. The zero-order valence-corrected chi connectivity index (χ0v) is 21.3. The maximum Gasteiger partial charge on any atom is 0.329 e. The Morgan fingerprint density at radius 2 is 1.53 bits per heavy atom. The molecule has 0 aliphatic heterocycles. The first kappa shape index (κ1) is 25.4. The highest BCUT2D eigenvalue weighted by atomic mass is 32.2. The second-order valence-electron chi connectivity index (χ2n) is 9.03. The van der Waals surface area contributed by atoms with Gasteiger partial charge >= 0.3 is 5.69 Å². The van der Waals surface area contributed by atoms with E-state index in [1.54, 1.807) is 12.1 Å². The first-order valence-corrected chi connectivity index (χ1v) is 13.7. The van der Waals surface area contributed by atoms with Crippen LogP contribution in [0.3, 0.4) is 0 Å². The van der Waals surface area contributed by atoms with Crippen LogP contribution in [0, 0.1) is 18.2 Å². The molecular weight excluding hydrogens is 512 g/mol. The third-order valence-electron chi connectivity index (χ3n) is 6.44. The van der Waals surface area contributed by atoms with Gasteiger partial charge in [-0.05, 0) is 29.8 Å². The molecule has 5 aromatic rings. The lowest BCUT2D eigenvalue weighted by atomic mass is 10.2. The predicted octanol–water partition coefficient (Wildman–Crippen LogP) is 4.24. The molecule has 8 nitrogen and oxygen atoms in total. The van der Waals surface area contributed by atoms with Crippen LogP contribution in [0.25, 0.3) is 26.9 Å². The summed E-state index contributed by atoms with van der Waals surface area (Å²) in [5, 5.41) is 0. The van der Waals surface area contributed by atoms with Crippen LogP contribution in [-0.4, -0.2) is 39.9 Å². The van der Waals surface area contributed by atoms with E-state index in [0.717, 1.165) is 29.4 Å². The Balaban J connectivity index is 1.61. The van der Waals surface area contributed by atoms with Crippen LogP contribution < -0.4 is 5.69 Å². The van der Waals surface area contributed by atoms with E-state index in [4.69, 9.17) is 11.6 Å². The third-order valence-corrected chi connectivity index (χ3v) is 7.57. The number of para-hydroxylation sites is 2. The summed E-state index contributed by atoms with van der Waals surface area (Å²) in [5.74, 6) is -1.60. The second kappa shape index (κ2) is 9.87. The van der Waals surface area contributed by atoms with Crippen LogP contribution in [-0.2, 0) is 29.5 Å². The van der Waals surface area contributed by atoms with E-state index in [1.165, 1.54) is 21.3 Å². The number of hydrogen-bond donors (Lipinski definition) is 0. The Hall–Kier alpha value is -4.30. The number of rotatable bonds is 8. The zero-order valence-electron chi connectivity index (χ0n) is 20.4. The highest BCUT2D eigenvalue weighted by molar-refractivity contribution is 7.90. The van der Waals surface area contributed by atoms with E-state index in [1.807, 2.05) is 28.8 Å². The van der Waals surface area contributed by atoms with Gasteiger partial charge in [0.25, 0.3) is 0 Å². The number of imidazole rings is 2. The highest BCUT2D eigenvalue weighted by Gasteiger charge is 2.20. The van der Waals surface area contributed by atoms with Crippen molar-refractivity contribution in [3.8, 4) is 0 Å². The van der Waals surface area contributed by atoms with Crippen molar-refractivity contribution in [3.63, 3.8) is 0 Å². The molecule has 0 atom stereocenters. The number of aromatic nitrogens is 4. The zero-order chi connectivity index (χ0) is 27.0. The molecule has 3 aromatic carbocycles. The quantitative estimate of drug-likeness (QED) is 0.220. The molecular formula is C27H23F2N5O3S. The predicted molar refractivity (Wildman–Crippen MR) is 140 cm³/mol. The van der Waals surface area contributed by atoms with Gasteiger partial charge in [-0.1, -0.05) is 24.3 Å². The maximum atomic E-state index is 14.3. The molecule has 0 saturated carbocycles. The largest absolute Gasteiger partial charge is 0.329 e. The van der Waals surface area contributed by atoms with Gasteiger partial charge in [-0.3, -0.25) is 9.13 Å². The molecule has 0 amide bonds. The monoisotopic (exact) mass is 535 g/mol. The molecule has 5 rings (SSSR count). The lowest BCUT2D eigenvalue weighted by Gasteiger charge is -2.09. The molecule has 0 fully saturated rings. The minimum atomic E-state index is -3.39. The molecule has 2 heterocycles. The van der Waals surface area contributed by atoms with Gasteiger partial charge in [-0.15, -0.1) is 0 Å². The molecule has 0 radical (unpaired) electrons. The number of nitrogens with zero attached hydrogens (tertiary/aromatic N) is 5. The Kier molecular flexibility index (Phi) is 6.59. The lowest BCUT2D eigenvalue weighted by Crippen LogP contribution is -2.26. The van der Waals surface area contributed by atoms with Gasteiger partial charge in [0.15, 0.2) is 21.5 Å². The van der Waals surface area contributed by atoms with Crippen molar-refractivity contribution in [2.75, 3.05) is 12.8 Å². The van der Waals surface area contributed by atoms with Crippen molar-refractivity contribution < 1.29 is 17.2 Å². The summed E-state index contributed by atoms with van der Waals surface area (Å²) in [6, 6.07) is 15.6. The van der Waals surface area contributed by atoms with Gasteiger partial charge in [-0.25, -0.2) is 33.5 Å². The normalized spacial score (nSPS) is 11.8. The number of benzene rings is 3. The van der Waals surface area contributed by atoms with E-state index in [0.29, 0.717) is 30.9 Å². The first-order valence-electron chi connectivity index (χ1n) is 11.8. The standard InChI is InChI=1S/C27H23F2N5O3S/c1-30-12-5-13-32-23-7-4-3-6-22(23)31-26(32)17-34-25-15-21(29)20(28)14-24(25)33(27(34)35)16-18-8-10-19(11-9-18)38(2,36)37/h3-4,6-11,14-15H,5,12-13,16-17H2,2H3. The molecule has 38 heavy (non-hydrogen) atoms. The Bertz CT molecular complexity index is 1880. The maximum absolute atomic E-state index is 14.3. The molecule has 0 aliphatic carbocycles. The summed E-state index contributed by atoms with van der Waals surface area (Å²) in [7, 11) is -3.39. The molecule has 194 valence electrons. The van der Waals surface area contributed by atoms with Gasteiger partial charge in [-0.2, -0.15) is 0 Å². The minimum absolute atomic E-state index is 0.00706.